The number of benzene rings is 1. The van der Waals surface area contributed by atoms with Crippen molar-refractivity contribution in [3.05, 3.63) is 29.3 Å². The number of ether oxygens (including phenoxy) is 1. The van der Waals surface area contributed by atoms with Gasteiger partial charge in [-0.25, -0.2) is 0 Å². The second-order valence-corrected chi connectivity index (χ2v) is 5.25. The first-order valence-electron chi connectivity index (χ1n) is 6.60. The summed E-state index contributed by atoms with van der Waals surface area (Å²) < 4.78 is 5.25. The fraction of sp³-hybridized carbons (Fsp3) is 0.600. The Kier molecular flexibility index (Phi) is 3.72. The van der Waals surface area contributed by atoms with Crippen molar-refractivity contribution in [3.63, 3.8) is 0 Å². The highest BCUT2D eigenvalue weighted by Crippen LogP contribution is 2.36. The molecular formula is C15H23NO. The number of rotatable bonds is 2. The molecule has 94 valence electrons. The Labute approximate surface area is 104 Å². The third kappa shape index (κ3) is 2.63. The molecule has 2 N–H and O–H groups in total. The van der Waals surface area contributed by atoms with E-state index in [1.54, 1.807) is 7.11 Å². The van der Waals surface area contributed by atoms with Crippen LogP contribution in [0.4, 0.5) is 0 Å². The Balaban J connectivity index is 2.31. The molecule has 0 spiro atoms. The summed E-state index contributed by atoms with van der Waals surface area (Å²) in [6, 6.07) is 6.27. The second kappa shape index (κ2) is 5.09. The maximum atomic E-state index is 6.63. The van der Waals surface area contributed by atoms with Crippen molar-refractivity contribution >= 4 is 0 Å². The number of nitrogens with two attached hydrogens (primary N) is 1. The van der Waals surface area contributed by atoms with Crippen molar-refractivity contribution in [2.45, 2.75) is 51.0 Å². The molecule has 0 amide bonds. The van der Waals surface area contributed by atoms with Gasteiger partial charge >= 0.3 is 0 Å². The van der Waals surface area contributed by atoms with Gasteiger partial charge in [0.2, 0.25) is 0 Å². The summed E-state index contributed by atoms with van der Waals surface area (Å²) in [7, 11) is 1.71. The Morgan fingerprint density at radius 1 is 1.12 bits per heavy atom. The van der Waals surface area contributed by atoms with Crippen LogP contribution >= 0.6 is 0 Å². The Hall–Kier alpha value is -1.02. The van der Waals surface area contributed by atoms with Gasteiger partial charge in [-0.3, -0.25) is 0 Å². The van der Waals surface area contributed by atoms with E-state index in [1.165, 1.54) is 36.8 Å². The Morgan fingerprint density at radius 2 is 1.76 bits per heavy atom. The molecule has 0 heterocycles. The molecule has 0 bridgehead atoms. The number of methoxy groups -OCH3 is 1. The summed E-state index contributed by atoms with van der Waals surface area (Å²) in [5.74, 6) is 0.920. The minimum Gasteiger partial charge on any atom is -0.497 e. The zero-order valence-electron chi connectivity index (χ0n) is 11.0. The maximum Gasteiger partial charge on any atom is 0.119 e. The molecule has 0 atom stereocenters. The lowest BCUT2D eigenvalue weighted by molar-refractivity contribution is 0.381. The summed E-state index contributed by atoms with van der Waals surface area (Å²) in [4.78, 5) is 0. The van der Waals surface area contributed by atoms with E-state index in [-0.39, 0.29) is 5.54 Å². The van der Waals surface area contributed by atoms with Crippen molar-refractivity contribution in [2.75, 3.05) is 7.11 Å². The molecule has 1 aromatic rings. The van der Waals surface area contributed by atoms with Crippen LogP contribution in [-0.4, -0.2) is 7.11 Å². The molecule has 0 unspecified atom stereocenters. The fourth-order valence-electron chi connectivity index (χ4n) is 2.95. The molecule has 2 rings (SSSR count). The predicted octanol–water partition coefficient (Wildman–Crippen LogP) is 3.51. The predicted molar refractivity (Wildman–Crippen MR) is 71.3 cm³/mol. The molecule has 2 nitrogen and oxygen atoms in total. The first kappa shape index (κ1) is 12.4. The molecule has 0 aliphatic heterocycles. The zero-order valence-corrected chi connectivity index (χ0v) is 11.0. The van der Waals surface area contributed by atoms with Gasteiger partial charge in [0.05, 0.1) is 7.11 Å². The average Bonchev–Trinajstić information content (AvgIpc) is 2.54. The molecule has 1 saturated carbocycles. The van der Waals surface area contributed by atoms with Crippen molar-refractivity contribution in [2.24, 2.45) is 5.73 Å². The summed E-state index contributed by atoms with van der Waals surface area (Å²) in [5, 5.41) is 0. The van der Waals surface area contributed by atoms with E-state index in [1.807, 2.05) is 6.07 Å². The maximum absolute atomic E-state index is 6.63. The molecule has 1 aliphatic carbocycles. The van der Waals surface area contributed by atoms with Gasteiger partial charge in [-0.15, -0.1) is 0 Å². The van der Waals surface area contributed by atoms with Crippen LogP contribution < -0.4 is 10.5 Å². The van der Waals surface area contributed by atoms with E-state index in [9.17, 15) is 0 Å². The van der Waals surface area contributed by atoms with E-state index in [0.29, 0.717) is 0 Å². The summed E-state index contributed by atoms with van der Waals surface area (Å²) in [6.45, 7) is 2.14. The van der Waals surface area contributed by atoms with Crippen molar-refractivity contribution in [3.8, 4) is 5.75 Å². The van der Waals surface area contributed by atoms with Gasteiger partial charge in [0.25, 0.3) is 0 Å². The highest BCUT2D eigenvalue weighted by Gasteiger charge is 2.29. The normalized spacial score (nSPS) is 19.7. The van der Waals surface area contributed by atoms with Gasteiger partial charge in [-0.05, 0) is 43.0 Å². The molecule has 0 aromatic heterocycles. The molecule has 17 heavy (non-hydrogen) atoms. The van der Waals surface area contributed by atoms with Crippen LogP contribution in [-0.2, 0) is 5.54 Å². The van der Waals surface area contributed by atoms with Crippen LogP contribution in [0.5, 0.6) is 5.75 Å². The molecule has 1 aromatic carbocycles. The van der Waals surface area contributed by atoms with Gasteiger partial charge in [0.1, 0.15) is 5.75 Å². The topological polar surface area (TPSA) is 35.2 Å². The zero-order chi connectivity index (χ0) is 12.3. The van der Waals surface area contributed by atoms with Crippen LogP contribution in [0, 0.1) is 6.92 Å². The summed E-state index contributed by atoms with van der Waals surface area (Å²) >= 11 is 0. The Bertz CT molecular complexity index is 379. The lowest BCUT2D eigenvalue weighted by Crippen LogP contribution is -2.36. The first-order valence-corrected chi connectivity index (χ1v) is 6.60. The van der Waals surface area contributed by atoms with Gasteiger partial charge in [0, 0.05) is 5.54 Å². The summed E-state index contributed by atoms with van der Waals surface area (Å²) in [6.07, 6.45) is 7.38. The van der Waals surface area contributed by atoms with Crippen molar-refractivity contribution in [1.82, 2.24) is 0 Å². The van der Waals surface area contributed by atoms with E-state index in [4.69, 9.17) is 10.5 Å². The SMILES string of the molecule is COc1ccc(C2(N)CCCCCC2)c(C)c1. The highest BCUT2D eigenvalue weighted by molar-refractivity contribution is 5.39. The molecule has 0 saturated heterocycles. The van der Waals surface area contributed by atoms with E-state index in [2.05, 4.69) is 19.1 Å². The fourth-order valence-corrected chi connectivity index (χ4v) is 2.95. The van der Waals surface area contributed by atoms with E-state index in [0.717, 1.165) is 18.6 Å². The molecule has 1 aliphatic rings. The lowest BCUT2D eigenvalue weighted by atomic mass is 9.81. The van der Waals surface area contributed by atoms with Crippen molar-refractivity contribution < 1.29 is 4.74 Å². The average molecular weight is 233 g/mol. The standard InChI is InChI=1S/C15H23NO/c1-12-11-13(17-2)7-8-14(12)15(16)9-5-3-4-6-10-15/h7-8,11H,3-6,9-10,16H2,1-2H3. The molecular weight excluding hydrogens is 210 g/mol. The van der Waals surface area contributed by atoms with E-state index < -0.39 is 0 Å². The van der Waals surface area contributed by atoms with Crippen LogP contribution in [0.1, 0.15) is 49.7 Å². The highest BCUT2D eigenvalue weighted by atomic mass is 16.5. The lowest BCUT2D eigenvalue weighted by Gasteiger charge is -2.30. The quantitative estimate of drug-likeness (QED) is 0.793. The first-order chi connectivity index (χ1) is 8.15. The third-order valence-electron chi connectivity index (χ3n) is 3.97. The number of aryl methyl sites for hydroxylation is 1. The molecule has 2 heteroatoms. The van der Waals surface area contributed by atoms with Crippen molar-refractivity contribution in [1.29, 1.82) is 0 Å². The van der Waals surface area contributed by atoms with Crippen LogP contribution in [0.25, 0.3) is 0 Å². The van der Waals surface area contributed by atoms with Gasteiger partial charge in [0.15, 0.2) is 0 Å². The number of hydrogen-bond donors (Lipinski definition) is 1. The second-order valence-electron chi connectivity index (χ2n) is 5.25. The largest absolute Gasteiger partial charge is 0.497 e. The molecule has 1 fully saturated rings. The minimum atomic E-state index is -0.118. The third-order valence-corrected chi connectivity index (χ3v) is 3.97. The van der Waals surface area contributed by atoms with E-state index >= 15 is 0 Å². The summed E-state index contributed by atoms with van der Waals surface area (Å²) in [5.41, 5.74) is 9.08. The minimum absolute atomic E-state index is 0.118. The number of hydrogen-bond acceptors (Lipinski definition) is 2. The van der Waals surface area contributed by atoms with Crippen LogP contribution in [0.15, 0.2) is 18.2 Å². The Morgan fingerprint density at radius 3 is 2.29 bits per heavy atom. The van der Waals surface area contributed by atoms with Gasteiger partial charge in [-0.2, -0.15) is 0 Å². The van der Waals surface area contributed by atoms with Crippen LogP contribution in [0.2, 0.25) is 0 Å². The molecule has 0 radical (unpaired) electrons. The monoisotopic (exact) mass is 233 g/mol. The smallest absolute Gasteiger partial charge is 0.119 e. The van der Waals surface area contributed by atoms with Gasteiger partial charge in [-0.1, -0.05) is 31.7 Å². The van der Waals surface area contributed by atoms with Gasteiger partial charge < -0.3 is 10.5 Å². The van der Waals surface area contributed by atoms with Crippen LogP contribution in [0.3, 0.4) is 0 Å².